The number of carbonyl (C=O) groups is 2. The van der Waals surface area contributed by atoms with Crippen molar-refractivity contribution in [2.45, 2.75) is 26.4 Å². The van der Waals surface area contributed by atoms with Crippen molar-refractivity contribution in [2.24, 2.45) is 5.92 Å². The van der Waals surface area contributed by atoms with Crippen LogP contribution in [0.5, 0.6) is 0 Å². The Kier molecular flexibility index (Phi) is 6.08. The van der Waals surface area contributed by atoms with Gasteiger partial charge >= 0.3 is 11.8 Å². The molecular weight excluding hydrogens is 248 g/mol. The summed E-state index contributed by atoms with van der Waals surface area (Å²) in [4.78, 5) is 22.7. The predicted octanol–water partition coefficient (Wildman–Crippen LogP) is 0.592. The van der Waals surface area contributed by atoms with Gasteiger partial charge in [-0.25, -0.2) is 0 Å². The number of aliphatic hydroxyl groups excluding tert-OH is 1. The summed E-state index contributed by atoms with van der Waals surface area (Å²) in [5.41, 5.74) is 0. The third-order valence-electron chi connectivity index (χ3n) is 2.45. The smallest absolute Gasteiger partial charge is 0.309 e. The van der Waals surface area contributed by atoms with Crippen molar-refractivity contribution >= 4 is 11.8 Å². The standard InChI is InChI=1S/C13H20N2O4/c1-9(2)8-15-13(18)12(17)14-6-5-10(16)11-4-3-7-19-11/h3-4,7,9-10,16H,5-6,8H2,1-2H3,(H,14,17)(H,15,18). The third-order valence-corrected chi connectivity index (χ3v) is 2.45. The molecule has 0 saturated carbocycles. The molecular formula is C13H20N2O4. The summed E-state index contributed by atoms with van der Waals surface area (Å²) in [5, 5.41) is 14.7. The molecule has 0 saturated heterocycles. The number of nitrogens with one attached hydrogen (secondary N) is 2. The Bertz CT molecular complexity index is 401. The lowest BCUT2D eigenvalue weighted by molar-refractivity contribution is -0.139. The molecule has 0 aromatic carbocycles. The molecule has 1 heterocycles. The van der Waals surface area contributed by atoms with E-state index in [1.807, 2.05) is 13.8 Å². The predicted molar refractivity (Wildman–Crippen MR) is 69.1 cm³/mol. The van der Waals surface area contributed by atoms with E-state index < -0.39 is 17.9 Å². The van der Waals surface area contributed by atoms with E-state index in [2.05, 4.69) is 10.6 Å². The molecule has 0 spiro atoms. The van der Waals surface area contributed by atoms with Gasteiger partial charge in [0, 0.05) is 13.1 Å². The van der Waals surface area contributed by atoms with Crippen molar-refractivity contribution < 1.29 is 19.1 Å². The number of furan rings is 1. The van der Waals surface area contributed by atoms with E-state index in [-0.39, 0.29) is 18.9 Å². The summed E-state index contributed by atoms with van der Waals surface area (Å²) in [6.07, 6.45) is 0.974. The second kappa shape index (κ2) is 7.58. The molecule has 1 atom stereocenters. The molecule has 19 heavy (non-hydrogen) atoms. The van der Waals surface area contributed by atoms with E-state index in [4.69, 9.17) is 4.42 Å². The minimum Gasteiger partial charge on any atom is -0.467 e. The zero-order valence-corrected chi connectivity index (χ0v) is 11.2. The molecule has 1 unspecified atom stereocenters. The van der Waals surface area contributed by atoms with Gasteiger partial charge in [0.25, 0.3) is 0 Å². The van der Waals surface area contributed by atoms with E-state index in [9.17, 15) is 14.7 Å². The first-order valence-corrected chi connectivity index (χ1v) is 6.28. The van der Waals surface area contributed by atoms with Gasteiger partial charge in [0.1, 0.15) is 11.9 Å². The Morgan fingerprint density at radius 3 is 2.58 bits per heavy atom. The summed E-state index contributed by atoms with van der Waals surface area (Å²) in [7, 11) is 0. The molecule has 6 heteroatoms. The fourth-order valence-corrected chi connectivity index (χ4v) is 1.40. The molecule has 1 aromatic heterocycles. The monoisotopic (exact) mass is 268 g/mol. The molecule has 106 valence electrons. The Labute approximate surface area is 112 Å². The van der Waals surface area contributed by atoms with E-state index in [1.165, 1.54) is 6.26 Å². The fourth-order valence-electron chi connectivity index (χ4n) is 1.40. The Morgan fingerprint density at radius 1 is 1.32 bits per heavy atom. The lowest BCUT2D eigenvalue weighted by Crippen LogP contribution is -2.41. The Morgan fingerprint density at radius 2 is 2.00 bits per heavy atom. The second-order valence-electron chi connectivity index (χ2n) is 4.68. The maximum atomic E-state index is 11.4. The molecule has 0 radical (unpaired) electrons. The van der Waals surface area contributed by atoms with Crippen molar-refractivity contribution in [3.05, 3.63) is 24.2 Å². The molecule has 1 aromatic rings. The highest BCUT2D eigenvalue weighted by Gasteiger charge is 2.15. The SMILES string of the molecule is CC(C)CNC(=O)C(=O)NCCC(O)c1ccco1. The molecule has 6 nitrogen and oxygen atoms in total. The van der Waals surface area contributed by atoms with Gasteiger partial charge in [0.15, 0.2) is 0 Å². The summed E-state index contributed by atoms with van der Waals surface area (Å²) < 4.78 is 5.02. The Balaban J connectivity index is 2.21. The average molecular weight is 268 g/mol. The van der Waals surface area contributed by atoms with Crippen LogP contribution < -0.4 is 10.6 Å². The highest BCUT2D eigenvalue weighted by Crippen LogP contribution is 2.15. The first-order valence-electron chi connectivity index (χ1n) is 6.28. The topological polar surface area (TPSA) is 91.6 Å². The van der Waals surface area contributed by atoms with Gasteiger partial charge in [-0.2, -0.15) is 0 Å². The largest absolute Gasteiger partial charge is 0.467 e. The van der Waals surface area contributed by atoms with Crippen LogP contribution in [0.1, 0.15) is 32.1 Å². The molecule has 0 aliphatic carbocycles. The third kappa shape index (κ3) is 5.56. The summed E-state index contributed by atoms with van der Waals surface area (Å²) in [5.74, 6) is -0.607. The molecule has 3 N–H and O–H groups in total. The van der Waals surface area contributed by atoms with E-state index in [0.29, 0.717) is 12.3 Å². The average Bonchev–Trinajstić information content (AvgIpc) is 2.89. The first-order chi connectivity index (χ1) is 9.00. The fraction of sp³-hybridized carbons (Fsp3) is 0.538. The minimum absolute atomic E-state index is 0.204. The van der Waals surface area contributed by atoms with Crippen molar-refractivity contribution in [2.75, 3.05) is 13.1 Å². The molecule has 0 aliphatic heterocycles. The van der Waals surface area contributed by atoms with Crippen molar-refractivity contribution in [3.63, 3.8) is 0 Å². The summed E-state index contributed by atoms with van der Waals surface area (Å²) >= 11 is 0. The van der Waals surface area contributed by atoms with Crippen molar-refractivity contribution in [1.82, 2.24) is 10.6 Å². The maximum Gasteiger partial charge on any atom is 0.309 e. The van der Waals surface area contributed by atoms with Gasteiger partial charge in [-0.05, 0) is 24.5 Å². The van der Waals surface area contributed by atoms with Crippen LogP contribution in [0.3, 0.4) is 0 Å². The summed E-state index contributed by atoms with van der Waals surface area (Å²) in [6, 6.07) is 3.33. The maximum absolute atomic E-state index is 11.4. The number of hydrogen-bond donors (Lipinski definition) is 3. The van der Waals surface area contributed by atoms with E-state index in [1.54, 1.807) is 12.1 Å². The van der Waals surface area contributed by atoms with Crippen LogP contribution in [0, 0.1) is 5.92 Å². The van der Waals surface area contributed by atoms with Gasteiger partial charge in [-0.1, -0.05) is 13.8 Å². The first kappa shape index (κ1) is 15.2. The van der Waals surface area contributed by atoms with E-state index >= 15 is 0 Å². The molecule has 0 fully saturated rings. The molecule has 0 aliphatic rings. The van der Waals surface area contributed by atoms with Gasteiger partial charge in [-0.3, -0.25) is 9.59 Å². The zero-order valence-electron chi connectivity index (χ0n) is 11.2. The molecule has 0 bridgehead atoms. The van der Waals surface area contributed by atoms with Crippen LogP contribution in [0.25, 0.3) is 0 Å². The number of carbonyl (C=O) groups excluding carboxylic acids is 2. The minimum atomic E-state index is -0.783. The number of rotatable bonds is 6. The lowest BCUT2D eigenvalue weighted by Gasteiger charge is -2.10. The van der Waals surface area contributed by atoms with Crippen molar-refractivity contribution in [1.29, 1.82) is 0 Å². The van der Waals surface area contributed by atoms with Gasteiger partial charge in [-0.15, -0.1) is 0 Å². The van der Waals surface area contributed by atoms with Gasteiger partial charge in [0.05, 0.1) is 6.26 Å². The number of amides is 2. The molecule has 2 amide bonds. The zero-order chi connectivity index (χ0) is 14.3. The second-order valence-corrected chi connectivity index (χ2v) is 4.68. The Hall–Kier alpha value is -1.82. The highest BCUT2D eigenvalue weighted by atomic mass is 16.4. The van der Waals surface area contributed by atoms with Crippen LogP contribution >= 0.6 is 0 Å². The quantitative estimate of drug-likeness (QED) is 0.658. The van der Waals surface area contributed by atoms with Gasteiger partial charge in [0.2, 0.25) is 0 Å². The van der Waals surface area contributed by atoms with Crippen LogP contribution in [0.15, 0.2) is 22.8 Å². The van der Waals surface area contributed by atoms with E-state index in [0.717, 1.165) is 0 Å². The lowest BCUT2D eigenvalue weighted by atomic mass is 10.2. The normalized spacial score (nSPS) is 12.2. The van der Waals surface area contributed by atoms with Crippen LogP contribution in [0.2, 0.25) is 0 Å². The van der Waals surface area contributed by atoms with Crippen LogP contribution in [-0.4, -0.2) is 30.0 Å². The van der Waals surface area contributed by atoms with Crippen molar-refractivity contribution in [3.8, 4) is 0 Å². The van der Waals surface area contributed by atoms with Crippen LogP contribution in [-0.2, 0) is 9.59 Å². The van der Waals surface area contributed by atoms with Crippen LogP contribution in [0.4, 0.5) is 0 Å². The highest BCUT2D eigenvalue weighted by molar-refractivity contribution is 6.35. The number of hydrogen-bond acceptors (Lipinski definition) is 4. The molecule has 1 rings (SSSR count). The van der Waals surface area contributed by atoms with Gasteiger partial charge < -0.3 is 20.2 Å². The number of aliphatic hydroxyl groups is 1. The summed E-state index contributed by atoms with van der Waals surface area (Å²) in [6.45, 7) is 4.55.